The van der Waals surface area contributed by atoms with Crippen LogP contribution in [0.1, 0.15) is 64.7 Å². The zero-order valence-electron chi connectivity index (χ0n) is 32.3. The third-order valence-corrected chi connectivity index (χ3v) is 17.3. The van der Waals surface area contributed by atoms with Crippen LogP contribution >= 0.6 is 0 Å². The summed E-state index contributed by atoms with van der Waals surface area (Å²) < 4.78 is 1.42. The van der Waals surface area contributed by atoms with E-state index in [1.54, 1.807) is 10.8 Å². The van der Waals surface area contributed by atoms with Crippen LogP contribution in [0.3, 0.4) is 0 Å². The van der Waals surface area contributed by atoms with E-state index in [-0.39, 0.29) is 40.7 Å². The predicted octanol–water partition coefficient (Wildman–Crippen LogP) is 4.74. The van der Waals surface area contributed by atoms with E-state index in [9.17, 15) is 0 Å². The van der Waals surface area contributed by atoms with Crippen LogP contribution in [0, 0.1) is 5.41 Å². The molecule has 0 bridgehead atoms. The number of halogens is 2. The second kappa shape index (κ2) is 15.6. The predicted molar refractivity (Wildman–Crippen MR) is 213 cm³/mol. The van der Waals surface area contributed by atoms with Crippen molar-refractivity contribution in [2.45, 2.75) is 97.7 Å². The zero-order chi connectivity index (χ0) is 35.3. The second-order valence-electron chi connectivity index (χ2n) is 17.8. The Hall–Kier alpha value is -1.87. The van der Waals surface area contributed by atoms with Crippen molar-refractivity contribution in [2.24, 2.45) is 5.41 Å². The Kier molecular flexibility index (Phi) is 13.3. The standard InChI is InChI=1S/C32H45Si2.C13H10.2ClH.Zr/c1-30(2,3)24-17-18-25-23(19-24)20-26-28(25)27(33(7,8)9)21-32(31(4,5)6,34(10,11)12)29(26)22-15-13-14-16-22;1-3-7-12(8-4-1)11-13-9-5-2-6-10-13;;;/h13-15,17-19,21H,16H2,1-12H3;1-10H;2*1H;/q-1;;;;+2/p-2. The van der Waals surface area contributed by atoms with E-state index in [1.807, 2.05) is 0 Å². The maximum absolute atomic E-state index is 4.05. The van der Waals surface area contributed by atoms with Gasteiger partial charge in [-0.05, 0) is 22.3 Å². The molecule has 0 aliphatic heterocycles. The fourth-order valence-electron chi connectivity index (χ4n) is 8.01. The summed E-state index contributed by atoms with van der Waals surface area (Å²) in [6.07, 6.45) is 14.9. The molecule has 3 aromatic carbocycles. The van der Waals surface area contributed by atoms with E-state index in [0.717, 1.165) is 6.42 Å². The van der Waals surface area contributed by atoms with Crippen LogP contribution in [-0.2, 0) is 29.7 Å². The van der Waals surface area contributed by atoms with Crippen LogP contribution in [0.4, 0.5) is 0 Å². The topological polar surface area (TPSA) is 0 Å². The van der Waals surface area contributed by atoms with Crippen molar-refractivity contribution < 1.29 is 49.0 Å². The number of allylic oxidation sites excluding steroid dienone is 8. The van der Waals surface area contributed by atoms with Crippen molar-refractivity contribution in [2.75, 3.05) is 0 Å². The third-order valence-electron chi connectivity index (χ3n) is 10.3. The van der Waals surface area contributed by atoms with Crippen molar-refractivity contribution in [1.29, 1.82) is 0 Å². The summed E-state index contributed by atoms with van der Waals surface area (Å²) in [5.74, 6) is 0. The molecule has 0 N–H and O–H groups in total. The third kappa shape index (κ3) is 8.19. The van der Waals surface area contributed by atoms with Gasteiger partial charge in [0.2, 0.25) is 0 Å². The van der Waals surface area contributed by atoms with Gasteiger partial charge in [-0.3, -0.25) is 0 Å². The summed E-state index contributed by atoms with van der Waals surface area (Å²) in [7, 11) is -3.37. The molecule has 5 heteroatoms. The zero-order valence-corrected chi connectivity index (χ0v) is 38.2. The van der Waals surface area contributed by atoms with E-state index in [4.69, 9.17) is 0 Å². The summed E-state index contributed by atoms with van der Waals surface area (Å²) in [6.45, 7) is 29.7. The molecule has 0 heterocycles. The minimum absolute atomic E-state index is 0. The first kappa shape index (κ1) is 42.5. The molecule has 0 nitrogen and oxygen atoms in total. The van der Waals surface area contributed by atoms with E-state index in [2.05, 4.69) is 190 Å². The van der Waals surface area contributed by atoms with Gasteiger partial charge in [-0.1, -0.05) is 139 Å². The number of benzene rings is 3. The Balaban J connectivity index is 0.000000355. The Morgan fingerprint density at radius 3 is 1.72 bits per heavy atom. The molecule has 0 saturated heterocycles. The van der Waals surface area contributed by atoms with E-state index < -0.39 is 16.1 Å². The van der Waals surface area contributed by atoms with Gasteiger partial charge in [-0.15, -0.1) is 33.7 Å². The fourth-order valence-corrected chi connectivity index (χ4v) is 14.5. The van der Waals surface area contributed by atoms with Crippen molar-refractivity contribution in [3.05, 3.63) is 152 Å². The van der Waals surface area contributed by atoms with Crippen molar-refractivity contribution in [3.63, 3.8) is 0 Å². The molecule has 0 fully saturated rings. The van der Waals surface area contributed by atoms with Crippen LogP contribution < -0.4 is 35.3 Å². The molecule has 0 saturated carbocycles. The average molecular weight is 814 g/mol. The average Bonchev–Trinajstić information content (AvgIpc) is 3.67. The van der Waals surface area contributed by atoms with Crippen molar-refractivity contribution >= 4 is 31.0 Å². The second-order valence-corrected chi connectivity index (χ2v) is 29.4. The quantitative estimate of drug-likeness (QED) is 0.258. The first-order chi connectivity index (χ1) is 22.3. The van der Waals surface area contributed by atoms with Gasteiger partial charge in [0.25, 0.3) is 0 Å². The van der Waals surface area contributed by atoms with Gasteiger partial charge in [0.05, 0.1) is 16.1 Å². The normalized spacial score (nSPS) is 18.4. The first-order valence-corrected chi connectivity index (χ1v) is 25.8. The molecule has 50 heavy (non-hydrogen) atoms. The summed E-state index contributed by atoms with van der Waals surface area (Å²) in [5.41, 5.74) is 10.3. The molecule has 0 radical (unpaired) electrons. The van der Waals surface area contributed by atoms with Crippen molar-refractivity contribution in [1.82, 2.24) is 0 Å². The van der Waals surface area contributed by atoms with Gasteiger partial charge < -0.3 is 24.8 Å². The van der Waals surface area contributed by atoms with Crippen LogP contribution in [0.15, 0.2) is 125 Å². The molecule has 1 atom stereocenters. The molecule has 0 amide bonds. The molecule has 6 rings (SSSR count). The Labute approximate surface area is 332 Å². The van der Waals surface area contributed by atoms with E-state index >= 15 is 0 Å². The molecule has 1 unspecified atom stereocenters. The van der Waals surface area contributed by atoms with Gasteiger partial charge in [-0.25, -0.2) is 0 Å². The summed E-state index contributed by atoms with van der Waals surface area (Å²) in [4.78, 5) is 0. The number of fused-ring (bicyclic) bond motifs is 2. The summed E-state index contributed by atoms with van der Waals surface area (Å²) in [5, 5.41) is 4.39. The van der Waals surface area contributed by atoms with Crippen LogP contribution in [0.25, 0.3) is 11.6 Å². The molecule has 3 aliphatic rings. The van der Waals surface area contributed by atoms with Gasteiger partial charge in [0, 0.05) is 0 Å². The molecular formula is C45H55Cl2Si2Zr-. The van der Waals surface area contributed by atoms with Crippen molar-refractivity contribution in [3.8, 4) is 0 Å². The molecular weight excluding hydrogens is 759 g/mol. The molecule has 3 aromatic rings. The van der Waals surface area contributed by atoms with Gasteiger partial charge in [-0.2, -0.15) is 0 Å². The molecule has 0 aromatic heterocycles. The maximum atomic E-state index is 4.05. The van der Waals surface area contributed by atoms with Crippen LogP contribution in [0.5, 0.6) is 0 Å². The number of rotatable bonds is 5. The van der Waals surface area contributed by atoms with Crippen LogP contribution in [-0.4, -0.2) is 19.4 Å². The first-order valence-electron chi connectivity index (χ1n) is 17.6. The summed E-state index contributed by atoms with van der Waals surface area (Å²) >= 11 is 1.46. The van der Waals surface area contributed by atoms with E-state index in [1.165, 1.54) is 71.3 Å². The number of hydrogen-bond donors (Lipinski definition) is 0. The SMILES string of the molecule is CC(C)(C)c1ccc2c(c1)=[C-]C1=C(C3=CC=CC3)C(C(C)(C)C)([Si](C)(C)C)C=C([Si](C)(C)C)C=21.[Cl-].[Cl-].[Zr+2]=[C](c1ccccc1)c1ccccc1. The molecule has 3 aliphatic carbocycles. The van der Waals surface area contributed by atoms with Gasteiger partial charge >= 0.3 is 99.2 Å². The van der Waals surface area contributed by atoms with E-state index in [0.29, 0.717) is 0 Å². The van der Waals surface area contributed by atoms with Gasteiger partial charge in [0.1, 0.15) is 0 Å². The summed E-state index contributed by atoms with van der Waals surface area (Å²) in [6, 6.07) is 28.3. The monoisotopic (exact) mass is 811 g/mol. The minimum atomic E-state index is -1.73. The fraction of sp³-hybridized carbons (Fsp3) is 0.356. The number of hydrogen-bond acceptors (Lipinski definition) is 0. The molecule has 262 valence electrons. The van der Waals surface area contributed by atoms with Gasteiger partial charge in [0.15, 0.2) is 0 Å². The van der Waals surface area contributed by atoms with Crippen LogP contribution in [0.2, 0.25) is 44.3 Å². The molecule has 0 spiro atoms. The Morgan fingerprint density at radius 2 is 1.30 bits per heavy atom. The Bertz CT molecular complexity index is 1910. The Morgan fingerprint density at radius 1 is 0.760 bits per heavy atom.